The van der Waals surface area contributed by atoms with Crippen molar-refractivity contribution in [2.45, 2.75) is 33.2 Å². The normalized spacial score (nSPS) is 16.8. The van der Waals surface area contributed by atoms with E-state index in [9.17, 15) is 9.59 Å². The van der Waals surface area contributed by atoms with Crippen LogP contribution in [0.15, 0.2) is 42.5 Å². The summed E-state index contributed by atoms with van der Waals surface area (Å²) < 4.78 is 0. The standard InChI is InChI=1S/C24H29N3O2/c1-3-23(28)27-10-9-20-16-21(7-8-22(20)27)24(29)26-13-11-25(12-14-26)17-19-6-4-5-18(2)15-19/h4-8,15-16H,3,9-14,17H2,1-2H3. The number of carbonyl (C=O) groups is 2. The van der Waals surface area contributed by atoms with E-state index in [0.29, 0.717) is 6.42 Å². The SMILES string of the molecule is CCC(=O)N1CCc2cc(C(=O)N3CCN(Cc4cccc(C)c4)CC3)ccc21. The number of nitrogens with zero attached hydrogens (tertiary/aromatic N) is 3. The molecule has 2 amide bonds. The van der Waals surface area contributed by atoms with Gasteiger partial charge in [0.05, 0.1) is 0 Å². The lowest BCUT2D eigenvalue weighted by Crippen LogP contribution is -2.48. The van der Waals surface area contributed by atoms with E-state index in [1.165, 1.54) is 11.1 Å². The summed E-state index contributed by atoms with van der Waals surface area (Å²) >= 11 is 0. The van der Waals surface area contributed by atoms with Gasteiger partial charge in [-0.3, -0.25) is 14.5 Å². The smallest absolute Gasteiger partial charge is 0.253 e. The molecule has 5 heteroatoms. The molecule has 29 heavy (non-hydrogen) atoms. The average molecular weight is 392 g/mol. The zero-order valence-electron chi connectivity index (χ0n) is 17.4. The predicted octanol–water partition coefficient (Wildman–Crippen LogP) is 3.25. The predicted molar refractivity (Wildman–Crippen MR) is 115 cm³/mol. The van der Waals surface area contributed by atoms with Crippen LogP contribution in [0.4, 0.5) is 5.69 Å². The van der Waals surface area contributed by atoms with Gasteiger partial charge in [-0.2, -0.15) is 0 Å². The molecule has 2 aromatic rings. The van der Waals surface area contributed by atoms with Crippen molar-refractivity contribution in [3.63, 3.8) is 0 Å². The van der Waals surface area contributed by atoms with Crippen molar-refractivity contribution in [3.05, 3.63) is 64.7 Å². The highest BCUT2D eigenvalue weighted by molar-refractivity contribution is 5.98. The largest absolute Gasteiger partial charge is 0.336 e. The van der Waals surface area contributed by atoms with Crippen LogP contribution in [-0.4, -0.2) is 54.3 Å². The monoisotopic (exact) mass is 391 g/mol. The first-order valence-corrected chi connectivity index (χ1v) is 10.6. The van der Waals surface area contributed by atoms with Gasteiger partial charge in [0.2, 0.25) is 5.91 Å². The minimum absolute atomic E-state index is 0.100. The molecule has 1 fully saturated rings. The highest BCUT2D eigenvalue weighted by Gasteiger charge is 2.26. The van der Waals surface area contributed by atoms with Gasteiger partial charge in [-0.1, -0.05) is 36.8 Å². The maximum absolute atomic E-state index is 13.0. The quantitative estimate of drug-likeness (QED) is 0.804. The number of anilines is 1. The Morgan fingerprint density at radius 3 is 2.48 bits per heavy atom. The fourth-order valence-electron chi connectivity index (χ4n) is 4.35. The lowest BCUT2D eigenvalue weighted by Gasteiger charge is -2.35. The zero-order valence-corrected chi connectivity index (χ0v) is 17.4. The molecule has 0 unspecified atom stereocenters. The average Bonchev–Trinajstić information content (AvgIpc) is 3.16. The van der Waals surface area contributed by atoms with Crippen LogP contribution in [0, 0.1) is 6.92 Å². The molecule has 0 atom stereocenters. The summed E-state index contributed by atoms with van der Waals surface area (Å²) in [5.41, 5.74) is 5.43. The Labute approximate surface area is 172 Å². The van der Waals surface area contributed by atoms with E-state index < -0.39 is 0 Å². The third-order valence-corrected chi connectivity index (χ3v) is 5.97. The molecule has 0 spiro atoms. The number of amides is 2. The molecular formula is C24H29N3O2. The molecule has 0 aliphatic carbocycles. The van der Waals surface area contributed by atoms with E-state index >= 15 is 0 Å². The fraction of sp³-hybridized carbons (Fsp3) is 0.417. The second kappa shape index (κ2) is 8.37. The summed E-state index contributed by atoms with van der Waals surface area (Å²) in [6.07, 6.45) is 1.33. The third-order valence-electron chi connectivity index (χ3n) is 5.97. The number of hydrogen-bond acceptors (Lipinski definition) is 3. The molecule has 5 nitrogen and oxygen atoms in total. The molecule has 0 N–H and O–H groups in total. The van der Waals surface area contributed by atoms with Gasteiger partial charge in [0.15, 0.2) is 0 Å². The Morgan fingerprint density at radius 2 is 1.76 bits per heavy atom. The number of carbonyl (C=O) groups excluding carboxylic acids is 2. The van der Waals surface area contributed by atoms with Crippen molar-refractivity contribution < 1.29 is 9.59 Å². The topological polar surface area (TPSA) is 43.9 Å². The Hall–Kier alpha value is -2.66. The molecule has 2 heterocycles. The Morgan fingerprint density at radius 1 is 0.966 bits per heavy atom. The van der Waals surface area contributed by atoms with Crippen molar-refractivity contribution in [1.29, 1.82) is 0 Å². The lowest BCUT2D eigenvalue weighted by atomic mass is 10.1. The van der Waals surface area contributed by atoms with Crippen LogP contribution in [-0.2, 0) is 17.8 Å². The maximum atomic E-state index is 13.0. The summed E-state index contributed by atoms with van der Waals surface area (Å²) in [6, 6.07) is 14.4. The molecule has 2 aliphatic rings. The number of rotatable bonds is 4. The Bertz CT molecular complexity index is 916. The van der Waals surface area contributed by atoms with E-state index in [-0.39, 0.29) is 11.8 Å². The number of aryl methyl sites for hydroxylation is 1. The molecule has 152 valence electrons. The van der Waals surface area contributed by atoms with Crippen molar-refractivity contribution in [2.24, 2.45) is 0 Å². The van der Waals surface area contributed by atoms with Gasteiger partial charge in [0.1, 0.15) is 0 Å². The minimum Gasteiger partial charge on any atom is -0.336 e. The second-order valence-electron chi connectivity index (χ2n) is 8.05. The summed E-state index contributed by atoms with van der Waals surface area (Å²) in [4.78, 5) is 31.3. The first-order valence-electron chi connectivity index (χ1n) is 10.6. The van der Waals surface area contributed by atoms with E-state index in [1.54, 1.807) is 0 Å². The number of benzene rings is 2. The van der Waals surface area contributed by atoms with Gasteiger partial charge >= 0.3 is 0 Å². The van der Waals surface area contributed by atoms with Crippen molar-refractivity contribution in [2.75, 3.05) is 37.6 Å². The number of piperazine rings is 1. The Kier molecular flexibility index (Phi) is 5.67. The lowest BCUT2D eigenvalue weighted by molar-refractivity contribution is -0.118. The second-order valence-corrected chi connectivity index (χ2v) is 8.05. The van der Waals surface area contributed by atoms with Crippen LogP contribution in [0.2, 0.25) is 0 Å². The van der Waals surface area contributed by atoms with Crippen LogP contribution >= 0.6 is 0 Å². The third kappa shape index (κ3) is 4.20. The van der Waals surface area contributed by atoms with E-state index in [4.69, 9.17) is 0 Å². The van der Waals surface area contributed by atoms with Gasteiger partial charge in [0.25, 0.3) is 5.91 Å². The molecule has 4 rings (SSSR count). The summed E-state index contributed by atoms with van der Waals surface area (Å²) in [5.74, 6) is 0.246. The van der Waals surface area contributed by atoms with Crippen LogP contribution in [0.5, 0.6) is 0 Å². The summed E-state index contributed by atoms with van der Waals surface area (Å²) in [5, 5.41) is 0. The molecule has 0 aromatic heterocycles. The number of hydrogen-bond donors (Lipinski definition) is 0. The maximum Gasteiger partial charge on any atom is 0.253 e. The van der Waals surface area contributed by atoms with Gasteiger partial charge in [-0.15, -0.1) is 0 Å². The van der Waals surface area contributed by atoms with Crippen molar-refractivity contribution >= 4 is 17.5 Å². The molecule has 2 aliphatic heterocycles. The highest BCUT2D eigenvalue weighted by atomic mass is 16.2. The van der Waals surface area contributed by atoms with Crippen LogP contribution in [0.25, 0.3) is 0 Å². The molecular weight excluding hydrogens is 362 g/mol. The minimum atomic E-state index is 0.100. The van der Waals surface area contributed by atoms with Crippen molar-refractivity contribution in [3.8, 4) is 0 Å². The fourth-order valence-corrected chi connectivity index (χ4v) is 4.35. The van der Waals surface area contributed by atoms with E-state index in [1.807, 2.05) is 34.9 Å². The van der Waals surface area contributed by atoms with Gasteiger partial charge in [-0.05, 0) is 42.7 Å². The van der Waals surface area contributed by atoms with Gasteiger partial charge < -0.3 is 9.80 Å². The highest BCUT2D eigenvalue weighted by Crippen LogP contribution is 2.30. The molecule has 0 bridgehead atoms. The zero-order chi connectivity index (χ0) is 20.4. The molecule has 0 radical (unpaired) electrons. The first-order chi connectivity index (χ1) is 14.0. The van der Waals surface area contributed by atoms with Crippen LogP contribution < -0.4 is 4.90 Å². The van der Waals surface area contributed by atoms with Gasteiger partial charge in [0, 0.05) is 56.9 Å². The summed E-state index contributed by atoms with van der Waals surface area (Å²) in [6.45, 7) is 8.95. The van der Waals surface area contributed by atoms with Crippen LogP contribution in [0.3, 0.4) is 0 Å². The molecule has 0 saturated carbocycles. The molecule has 1 saturated heterocycles. The van der Waals surface area contributed by atoms with Crippen molar-refractivity contribution in [1.82, 2.24) is 9.80 Å². The first kappa shape index (κ1) is 19.6. The number of fused-ring (bicyclic) bond motifs is 1. The molecule has 2 aromatic carbocycles. The van der Waals surface area contributed by atoms with Gasteiger partial charge in [-0.25, -0.2) is 0 Å². The van der Waals surface area contributed by atoms with E-state index in [2.05, 4.69) is 36.1 Å². The van der Waals surface area contributed by atoms with Crippen LogP contribution in [0.1, 0.15) is 40.4 Å². The van der Waals surface area contributed by atoms with E-state index in [0.717, 1.165) is 62.5 Å². The Balaban J connectivity index is 1.37. The summed E-state index contributed by atoms with van der Waals surface area (Å²) in [7, 11) is 0.